The molecule has 0 saturated heterocycles. The molecular weight excluding hydrogens is 226 g/mol. The lowest BCUT2D eigenvalue weighted by Gasteiger charge is -2.35. The Labute approximate surface area is 101 Å². The predicted molar refractivity (Wildman–Crippen MR) is 67.0 cm³/mol. The first kappa shape index (κ1) is 13.3. The van der Waals surface area contributed by atoms with Crippen LogP contribution < -0.4 is 5.32 Å². The number of methoxy groups -OCH3 is 1. The normalized spacial score (nSPS) is 16.6. The van der Waals surface area contributed by atoms with Crippen molar-refractivity contribution in [3.8, 4) is 0 Å². The van der Waals surface area contributed by atoms with E-state index in [1.54, 1.807) is 13.2 Å². The Balaban J connectivity index is 2.89. The quantitative estimate of drug-likeness (QED) is 0.835. The van der Waals surface area contributed by atoms with Gasteiger partial charge in [-0.1, -0.05) is 23.7 Å². The molecule has 0 aliphatic rings. The summed E-state index contributed by atoms with van der Waals surface area (Å²) >= 11 is 6.05. The fourth-order valence-corrected chi connectivity index (χ4v) is 1.58. The highest BCUT2D eigenvalue weighted by atomic mass is 35.5. The van der Waals surface area contributed by atoms with E-state index in [-0.39, 0.29) is 12.7 Å². The van der Waals surface area contributed by atoms with Crippen molar-refractivity contribution < 1.29 is 9.84 Å². The molecule has 2 unspecified atom stereocenters. The van der Waals surface area contributed by atoms with E-state index >= 15 is 0 Å². The highest BCUT2D eigenvalue weighted by Crippen LogP contribution is 2.26. The van der Waals surface area contributed by atoms with Crippen LogP contribution in [0.1, 0.15) is 13.8 Å². The third-order valence-electron chi connectivity index (χ3n) is 2.87. The molecule has 90 valence electrons. The van der Waals surface area contributed by atoms with Crippen LogP contribution in [0, 0.1) is 0 Å². The molecule has 2 N–H and O–H groups in total. The maximum Gasteiger partial charge on any atom is 0.0835 e. The molecule has 0 amide bonds. The van der Waals surface area contributed by atoms with Crippen molar-refractivity contribution in [1.29, 1.82) is 0 Å². The zero-order chi connectivity index (χ0) is 12.2. The molecule has 0 aliphatic heterocycles. The van der Waals surface area contributed by atoms with Gasteiger partial charge in [0.25, 0.3) is 0 Å². The molecule has 3 nitrogen and oxygen atoms in total. The van der Waals surface area contributed by atoms with Crippen molar-refractivity contribution in [2.45, 2.75) is 25.5 Å². The van der Waals surface area contributed by atoms with Crippen LogP contribution in [0.3, 0.4) is 0 Å². The molecule has 1 rings (SSSR count). The number of benzene rings is 1. The topological polar surface area (TPSA) is 41.5 Å². The first-order valence-electron chi connectivity index (χ1n) is 5.20. The number of aliphatic hydroxyl groups excluding tert-OH is 1. The van der Waals surface area contributed by atoms with Crippen LogP contribution in [0.4, 0.5) is 5.69 Å². The summed E-state index contributed by atoms with van der Waals surface area (Å²) in [5, 5.41) is 13.3. The van der Waals surface area contributed by atoms with Crippen molar-refractivity contribution in [2.24, 2.45) is 0 Å². The lowest BCUT2D eigenvalue weighted by Crippen LogP contribution is -2.49. The third kappa shape index (κ3) is 2.88. The van der Waals surface area contributed by atoms with E-state index in [0.717, 1.165) is 5.69 Å². The highest BCUT2D eigenvalue weighted by Gasteiger charge is 2.31. The summed E-state index contributed by atoms with van der Waals surface area (Å²) < 4.78 is 5.25. The molecule has 16 heavy (non-hydrogen) atoms. The number of para-hydroxylation sites is 1. The van der Waals surface area contributed by atoms with Crippen molar-refractivity contribution in [3.05, 3.63) is 29.3 Å². The predicted octanol–water partition coefficient (Wildman–Crippen LogP) is 2.54. The molecular formula is C12H18ClNO2. The molecule has 1 aromatic carbocycles. The number of rotatable bonds is 5. The third-order valence-corrected chi connectivity index (χ3v) is 3.20. The highest BCUT2D eigenvalue weighted by molar-refractivity contribution is 6.33. The summed E-state index contributed by atoms with van der Waals surface area (Å²) in [5.74, 6) is 0. The fourth-order valence-electron chi connectivity index (χ4n) is 1.40. The smallest absolute Gasteiger partial charge is 0.0835 e. The van der Waals surface area contributed by atoms with Crippen molar-refractivity contribution in [3.63, 3.8) is 0 Å². The zero-order valence-corrected chi connectivity index (χ0v) is 10.6. The largest absolute Gasteiger partial charge is 0.394 e. The molecule has 0 bridgehead atoms. The minimum atomic E-state index is -0.556. The van der Waals surface area contributed by atoms with Gasteiger partial charge in [0.2, 0.25) is 0 Å². The Kier molecular flexibility index (Phi) is 4.59. The van der Waals surface area contributed by atoms with E-state index in [0.29, 0.717) is 5.02 Å². The maximum atomic E-state index is 9.45. The van der Waals surface area contributed by atoms with Crippen LogP contribution in [0.5, 0.6) is 0 Å². The number of anilines is 1. The average Bonchev–Trinajstić information content (AvgIpc) is 2.31. The zero-order valence-electron chi connectivity index (χ0n) is 9.83. The van der Waals surface area contributed by atoms with Crippen LogP contribution in [0.25, 0.3) is 0 Å². The number of hydrogen-bond acceptors (Lipinski definition) is 3. The average molecular weight is 244 g/mol. The number of aliphatic hydroxyl groups is 1. The van der Waals surface area contributed by atoms with Gasteiger partial charge in [0.05, 0.1) is 29.0 Å². The van der Waals surface area contributed by atoms with Gasteiger partial charge in [0, 0.05) is 7.11 Å². The monoisotopic (exact) mass is 243 g/mol. The van der Waals surface area contributed by atoms with Crippen molar-refractivity contribution in [1.82, 2.24) is 0 Å². The van der Waals surface area contributed by atoms with Gasteiger partial charge < -0.3 is 15.2 Å². The minimum Gasteiger partial charge on any atom is -0.394 e. The minimum absolute atomic E-state index is 0.0345. The summed E-state index contributed by atoms with van der Waals surface area (Å²) in [6, 6.07) is 7.44. The molecule has 0 aliphatic carbocycles. The molecule has 2 atom stereocenters. The van der Waals surface area contributed by atoms with Gasteiger partial charge in [0.1, 0.15) is 0 Å². The van der Waals surface area contributed by atoms with Crippen LogP contribution in [0.2, 0.25) is 5.02 Å². The van der Waals surface area contributed by atoms with Gasteiger partial charge in [-0.15, -0.1) is 0 Å². The number of nitrogens with one attached hydrogen (secondary N) is 1. The number of halogens is 1. The molecule has 0 radical (unpaired) electrons. The Hall–Kier alpha value is -0.770. The number of ether oxygens (including phenoxy) is 1. The van der Waals surface area contributed by atoms with E-state index in [1.807, 2.05) is 32.0 Å². The van der Waals surface area contributed by atoms with Crippen molar-refractivity contribution in [2.75, 3.05) is 19.0 Å². The summed E-state index contributed by atoms with van der Waals surface area (Å²) in [6.45, 7) is 3.76. The van der Waals surface area contributed by atoms with Crippen LogP contribution >= 0.6 is 11.6 Å². The van der Waals surface area contributed by atoms with Gasteiger partial charge in [-0.3, -0.25) is 0 Å². The van der Waals surface area contributed by atoms with Gasteiger partial charge >= 0.3 is 0 Å². The van der Waals surface area contributed by atoms with Gasteiger partial charge in [-0.05, 0) is 26.0 Å². The standard InChI is InChI=1S/C12H18ClNO2/c1-9(16-3)12(2,8-15)14-11-7-5-4-6-10(11)13/h4-7,9,14-15H,8H2,1-3H3. The fraction of sp³-hybridized carbons (Fsp3) is 0.500. The number of hydrogen-bond donors (Lipinski definition) is 2. The van der Waals surface area contributed by atoms with E-state index in [2.05, 4.69) is 5.32 Å². The van der Waals surface area contributed by atoms with Gasteiger partial charge in [-0.25, -0.2) is 0 Å². The Bertz CT molecular complexity index is 346. The first-order valence-corrected chi connectivity index (χ1v) is 5.57. The van der Waals surface area contributed by atoms with E-state index in [1.165, 1.54) is 0 Å². The summed E-state index contributed by atoms with van der Waals surface area (Å²) in [6.07, 6.45) is -0.131. The summed E-state index contributed by atoms with van der Waals surface area (Å²) in [5.41, 5.74) is 0.240. The molecule has 0 heterocycles. The maximum absolute atomic E-state index is 9.45. The Morgan fingerprint density at radius 3 is 2.62 bits per heavy atom. The molecule has 4 heteroatoms. The summed E-state index contributed by atoms with van der Waals surface area (Å²) in [7, 11) is 1.62. The molecule has 0 saturated carbocycles. The summed E-state index contributed by atoms with van der Waals surface area (Å²) in [4.78, 5) is 0. The van der Waals surface area contributed by atoms with Crippen LogP contribution in [-0.2, 0) is 4.74 Å². The first-order chi connectivity index (χ1) is 7.53. The Morgan fingerprint density at radius 1 is 1.50 bits per heavy atom. The van der Waals surface area contributed by atoms with E-state index in [4.69, 9.17) is 16.3 Å². The molecule has 1 aromatic rings. The lowest BCUT2D eigenvalue weighted by atomic mass is 9.96. The lowest BCUT2D eigenvalue weighted by molar-refractivity contribution is 0.0380. The second-order valence-corrected chi connectivity index (χ2v) is 4.47. The second-order valence-electron chi connectivity index (χ2n) is 4.06. The van der Waals surface area contributed by atoms with Crippen LogP contribution in [0.15, 0.2) is 24.3 Å². The van der Waals surface area contributed by atoms with Gasteiger partial charge in [0.15, 0.2) is 0 Å². The molecule has 0 aromatic heterocycles. The van der Waals surface area contributed by atoms with Crippen molar-refractivity contribution >= 4 is 17.3 Å². The Morgan fingerprint density at radius 2 is 2.12 bits per heavy atom. The van der Waals surface area contributed by atoms with Crippen LogP contribution in [-0.4, -0.2) is 30.5 Å². The van der Waals surface area contributed by atoms with E-state index in [9.17, 15) is 5.11 Å². The van der Waals surface area contributed by atoms with Gasteiger partial charge in [-0.2, -0.15) is 0 Å². The van der Waals surface area contributed by atoms with E-state index < -0.39 is 5.54 Å². The second kappa shape index (κ2) is 5.53. The molecule has 0 spiro atoms. The SMILES string of the molecule is COC(C)C(C)(CO)Nc1ccccc1Cl. The molecule has 0 fully saturated rings.